The molecule has 2 rings (SSSR count). The molecule has 0 spiro atoms. The van der Waals surface area contributed by atoms with Crippen molar-refractivity contribution in [1.29, 1.82) is 0 Å². The molecule has 0 amide bonds. The third-order valence-corrected chi connectivity index (χ3v) is 3.22. The standard InChI is InChI=1S/C14H12Cl2FN/c1-18-8-10-3-2-9(6-14(10)17)12-7-11(15)4-5-13(12)16/h2-7,18H,8H2,1H3. The first-order chi connectivity index (χ1) is 8.61. The molecule has 0 aliphatic rings. The maximum atomic E-state index is 13.8. The van der Waals surface area contributed by atoms with Gasteiger partial charge in [-0.3, -0.25) is 0 Å². The molecule has 0 heterocycles. The van der Waals surface area contributed by atoms with Gasteiger partial charge in [-0.05, 0) is 36.9 Å². The highest BCUT2D eigenvalue weighted by molar-refractivity contribution is 6.35. The largest absolute Gasteiger partial charge is 0.316 e. The highest BCUT2D eigenvalue weighted by atomic mass is 35.5. The van der Waals surface area contributed by atoms with Gasteiger partial charge in [0.2, 0.25) is 0 Å². The van der Waals surface area contributed by atoms with E-state index in [-0.39, 0.29) is 5.82 Å². The molecule has 0 unspecified atom stereocenters. The van der Waals surface area contributed by atoms with Gasteiger partial charge in [0.05, 0.1) is 0 Å². The number of hydrogen-bond acceptors (Lipinski definition) is 1. The minimum Gasteiger partial charge on any atom is -0.316 e. The first kappa shape index (κ1) is 13.3. The number of benzene rings is 2. The molecule has 0 aliphatic heterocycles. The number of rotatable bonds is 3. The van der Waals surface area contributed by atoms with Crippen molar-refractivity contribution in [3.63, 3.8) is 0 Å². The first-order valence-electron chi connectivity index (χ1n) is 5.50. The van der Waals surface area contributed by atoms with E-state index in [0.29, 0.717) is 22.2 Å². The van der Waals surface area contributed by atoms with E-state index in [2.05, 4.69) is 5.32 Å². The van der Waals surface area contributed by atoms with Crippen molar-refractivity contribution in [3.05, 3.63) is 57.8 Å². The number of halogens is 3. The van der Waals surface area contributed by atoms with Crippen LogP contribution in [0.4, 0.5) is 4.39 Å². The Morgan fingerprint density at radius 2 is 1.89 bits per heavy atom. The summed E-state index contributed by atoms with van der Waals surface area (Å²) in [6.07, 6.45) is 0. The summed E-state index contributed by atoms with van der Waals surface area (Å²) in [6, 6.07) is 10.2. The van der Waals surface area contributed by atoms with Gasteiger partial charge in [0.25, 0.3) is 0 Å². The van der Waals surface area contributed by atoms with Gasteiger partial charge in [-0.25, -0.2) is 4.39 Å². The van der Waals surface area contributed by atoms with Crippen LogP contribution >= 0.6 is 23.2 Å². The van der Waals surface area contributed by atoms with Gasteiger partial charge in [-0.15, -0.1) is 0 Å². The fourth-order valence-corrected chi connectivity index (χ4v) is 2.17. The molecule has 4 heteroatoms. The van der Waals surface area contributed by atoms with Gasteiger partial charge in [0.1, 0.15) is 5.82 Å². The molecule has 2 aromatic carbocycles. The highest BCUT2D eigenvalue weighted by Gasteiger charge is 2.08. The summed E-state index contributed by atoms with van der Waals surface area (Å²) in [5, 5.41) is 4.05. The maximum absolute atomic E-state index is 13.8. The Labute approximate surface area is 116 Å². The zero-order valence-corrected chi connectivity index (χ0v) is 11.3. The lowest BCUT2D eigenvalue weighted by atomic mass is 10.0. The molecule has 1 nitrogen and oxygen atoms in total. The maximum Gasteiger partial charge on any atom is 0.128 e. The second kappa shape index (κ2) is 5.70. The van der Waals surface area contributed by atoms with Gasteiger partial charge in [-0.1, -0.05) is 35.3 Å². The van der Waals surface area contributed by atoms with Gasteiger partial charge < -0.3 is 5.32 Å². The second-order valence-corrected chi connectivity index (χ2v) is 4.80. The van der Waals surface area contributed by atoms with Crippen LogP contribution in [0.5, 0.6) is 0 Å². The third kappa shape index (κ3) is 2.83. The van der Waals surface area contributed by atoms with E-state index in [4.69, 9.17) is 23.2 Å². The van der Waals surface area contributed by atoms with Crippen LogP contribution in [0.15, 0.2) is 36.4 Å². The van der Waals surface area contributed by atoms with Crippen LogP contribution in [0.1, 0.15) is 5.56 Å². The Balaban J connectivity index is 2.45. The quantitative estimate of drug-likeness (QED) is 0.873. The van der Waals surface area contributed by atoms with Crippen molar-refractivity contribution in [1.82, 2.24) is 5.32 Å². The molecule has 0 saturated heterocycles. The first-order valence-corrected chi connectivity index (χ1v) is 6.26. The summed E-state index contributed by atoms with van der Waals surface area (Å²) in [7, 11) is 1.78. The van der Waals surface area contributed by atoms with E-state index >= 15 is 0 Å². The van der Waals surface area contributed by atoms with Crippen molar-refractivity contribution in [2.45, 2.75) is 6.54 Å². The van der Waals surface area contributed by atoms with Crippen LogP contribution in [0, 0.1) is 5.82 Å². The number of hydrogen-bond donors (Lipinski definition) is 1. The SMILES string of the molecule is CNCc1ccc(-c2cc(Cl)ccc2Cl)cc1F. The van der Waals surface area contributed by atoms with E-state index < -0.39 is 0 Å². The fraction of sp³-hybridized carbons (Fsp3) is 0.143. The van der Waals surface area contributed by atoms with Crippen molar-refractivity contribution in [2.75, 3.05) is 7.05 Å². The topological polar surface area (TPSA) is 12.0 Å². The van der Waals surface area contributed by atoms with Crippen LogP contribution in [-0.4, -0.2) is 7.05 Å². The van der Waals surface area contributed by atoms with Crippen molar-refractivity contribution in [3.8, 4) is 11.1 Å². The van der Waals surface area contributed by atoms with E-state index in [9.17, 15) is 4.39 Å². The zero-order chi connectivity index (χ0) is 13.1. The lowest BCUT2D eigenvalue weighted by Crippen LogP contribution is -2.06. The molecule has 0 fully saturated rings. The van der Waals surface area contributed by atoms with Crippen LogP contribution < -0.4 is 5.32 Å². The Bertz CT molecular complexity index is 570. The molecular weight excluding hydrogens is 272 g/mol. The van der Waals surface area contributed by atoms with E-state index in [1.165, 1.54) is 6.07 Å². The van der Waals surface area contributed by atoms with Crippen LogP contribution in [-0.2, 0) is 6.54 Å². The van der Waals surface area contributed by atoms with Crippen LogP contribution in [0.3, 0.4) is 0 Å². The molecule has 94 valence electrons. The Morgan fingerprint density at radius 1 is 1.11 bits per heavy atom. The predicted octanol–water partition coefficient (Wildman–Crippen LogP) is 4.52. The van der Waals surface area contributed by atoms with Crippen molar-refractivity contribution in [2.24, 2.45) is 0 Å². The molecule has 18 heavy (non-hydrogen) atoms. The van der Waals surface area contributed by atoms with Gasteiger partial charge in [0.15, 0.2) is 0 Å². The molecule has 2 aromatic rings. The molecule has 0 aliphatic carbocycles. The Kier molecular flexibility index (Phi) is 4.23. The van der Waals surface area contributed by atoms with Gasteiger partial charge in [-0.2, -0.15) is 0 Å². The summed E-state index contributed by atoms with van der Waals surface area (Å²) in [5.74, 6) is -0.252. The molecule has 0 saturated carbocycles. The smallest absolute Gasteiger partial charge is 0.128 e. The minimum atomic E-state index is -0.252. The van der Waals surface area contributed by atoms with Crippen LogP contribution in [0.25, 0.3) is 11.1 Å². The average Bonchev–Trinajstić information content (AvgIpc) is 2.35. The third-order valence-electron chi connectivity index (χ3n) is 2.66. The van der Waals surface area contributed by atoms with Crippen LogP contribution in [0.2, 0.25) is 10.0 Å². The van der Waals surface area contributed by atoms with Crippen molar-refractivity contribution < 1.29 is 4.39 Å². The summed E-state index contributed by atoms with van der Waals surface area (Å²) < 4.78 is 13.8. The lowest BCUT2D eigenvalue weighted by molar-refractivity contribution is 0.601. The molecule has 0 aromatic heterocycles. The van der Waals surface area contributed by atoms with E-state index in [0.717, 1.165) is 11.1 Å². The predicted molar refractivity (Wildman–Crippen MR) is 74.6 cm³/mol. The highest BCUT2D eigenvalue weighted by Crippen LogP contribution is 2.31. The Hall–Kier alpha value is -1.09. The molecule has 1 N–H and O–H groups in total. The normalized spacial score (nSPS) is 10.7. The van der Waals surface area contributed by atoms with E-state index in [1.807, 2.05) is 6.07 Å². The lowest BCUT2D eigenvalue weighted by Gasteiger charge is -2.08. The summed E-state index contributed by atoms with van der Waals surface area (Å²) >= 11 is 12.0. The molecule has 0 atom stereocenters. The molecule has 0 bridgehead atoms. The van der Waals surface area contributed by atoms with Gasteiger partial charge >= 0.3 is 0 Å². The summed E-state index contributed by atoms with van der Waals surface area (Å²) in [6.45, 7) is 0.495. The molecule has 0 radical (unpaired) electrons. The second-order valence-electron chi connectivity index (χ2n) is 3.96. The average molecular weight is 284 g/mol. The Morgan fingerprint density at radius 3 is 2.56 bits per heavy atom. The van der Waals surface area contributed by atoms with Crippen molar-refractivity contribution >= 4 is 23.2 Å². The minimum absolute atomic E-state index is 0.252. The van der Waals surface area contributed by atoms with Gasteiger partial charge in [0, 0.05) is 27.7 Å². The van der Waals surface area contributed by atoms with E-state index in [1.54, 1.807) is 31.3 Å². The number of nitrogens with one attached hydrogen (secondary N) is 1. The fourth-order valence-electron chi connectivity index (χ4n) is 1.77. The molecular formula is C14H12Cl2FN. The zero-order valence-electron chi connectivity index (χ0n) is 9.81. The summed E-state index contributed by atoms with van der Waals surface area (Å²) in [5.41, 5.74) is 2.08. The monoisotopic (exact) mass is 283 g/mol. The summed E-state index contributed by atoms with van der Waals surface area (Å²) in [4.78, 5) is 0.